The first-order valence-corrected chi connectivity index (χ1v) is 9.21. The van der Waals surface area contributed by atoms with Crippen molar-refractivity contribution in [2.24, 2.45) is 12.0 Å². The van der Waals surface area contributed by atoms with E-state index in [0.717, 1.165) is 55.1 Å². The van der Waals surface area contributed by atoms with Crippen molar-refractivity contribution in [2.45, 2.75) is 33.4 Å². The second kappa shape index (κ2) is 11.2. The molecule has 0 atom stereocenters. The zero-order valence-electron chi connectivity index (χ0n) is 16.7. The third kappa shape index (κ3) is 6.90. The number of guanidine groups is 1. The van der Waals surface area contributed by atoms with Crippen LogP contribution >= 0.6 is 0 Å². The van der Waals surface area contributed by atoms with E-state index >= 15 is 0 Å². The standard InChI is InChI=1S/C19H30N6O2/c1-5-27-12-6-11-20-19(22-14-18-24-23-15(2)25(18)3)21-13-16-7-9-17(26-4)10-8-16/h7-10H,5-6,11-14H2,1-4H3,(H2,20,21,22). The van der Waals surface area contributed by atoms with Gasteiger partial charge in [-0.2, -0.15) is 0 Å². The van der Waals surface area contributed by atoms with Crippen LogP contribution in [0.5, 0.6) is 5.75 Å². The van der Waals surface area contributed by atoms with Gasteiger partial charge in [-0.1, -0.05) is 12.1 Å². The van der Waals surface area contributed by atoms with Gasteiger partial charge in [0.05, 0.1) is 20.2 Å². The Labute approximate surface area is 161 Å². The van der Waals surface area contributed by atoms with Crippen LogP contribution in [0.1, 0.15) is 30.6 Å². The van der Waals surface area contributed by atoms with Crippen molar-refractivity contribution in [2.75, 3.05) is 26.9 Å². The summed E-state index contributed by atoms with van der Waals surface area (Å²) in [5.41, 5.74) is 1.11. The van der Waals surface area contributed by atoms with E-state index in [1.807, 2.05) is 49.7 Å². The predicted molar refractivity (Wildman–Crippen MR) is 106 cm³/mol. The highest BCUT2D eigenvalue weighted by Gasteiger charge is 2.06. The fraction of sp³-hybridized carbons (Fsp3) is 0.526. The molecule has 0 saturated carbocycles. The number of ether oxygens (including phenoxy) is 2. The lowest BCUT2D eigenvalue weighted by Crippen LogP contribution is -2.38. The molecular formula is C19H30N6O2. The number of aromatic nitrogens is 3. The van der Waals surface area contributed by atoms with E-state index in [-0.39, 0.29) is 0 Å². The van der Waals surface area contributed by atoms with E-state index in [1.54, 1.807) is 7.11 Å². The molecule has 8 heteroatoms. The number of nitrogens with one attached hydrogen (secondary N) is 2. The lowest BCUT2D eigenvalue weighted by molar-refractivity contribution is 0.145. The maximum Gasteiger partial charge on any atom is 0.191 e. The quantitative estimate of drug-likeness (QED) is 0.375. The molecule has 2 N–H and O–H groups in total. The van der Waals surface area contributed by atoms with Crippen molar-refractivity contribution in [1.29, 1.82) is 0 Å². The molecule has 0 unspecified atom stereocenters. The van der Waals surface area contributed by atoms with E-state index in [4.69, 9.17) is 9.47 Å². The number of aryl methyl sites for hydroxylation is 1. The van der Waals surface area contributed by atoms with Crippen LogP contribution in [0, 0.1) is 6.92 Å². The fourth-order valence-electron chi connectivity index (χ4n) is 2.37. The highest BCUT2D eigenvalue weighted by atomic mass is 16.5. The van der Waals surface area contributed by atoms with Crippen LogP contribution in [0.15, 0.2) is 29.3 Å². The van der Waals surface area contributed by atoms with E-state index in [1.165, 1.54) is 0 Å². The Kier molecular flexibility index (Phi) is 8.57. The minimum absolute atomic E-state index is 0.553. The number of hydrogen-bond acceptors (Lipinski definition) is 5. The molecule has 0 bridgehead atoms. The Morgan fingerprint density at radius 1 is 1.19 bits per heavy atom. The first kappa shape index (κ1) is 20.7. The largest absolute Gasteiger partial charge is 0.497 e. The number of aliphatic imine (C=N–C) groups is 1. The molecule has 0 radical (unpaired) electrons. The van der Waals surface area contributed by atoms with Gasteiger partial charge < -0.3 is 24.7 Å². The van der Waals surface area contributed by atoms with E-state index in [2.05, 4.69) is 25.8 Å². The van der Waals surface area contributed by atoms with Crippen LogP contribution in [0.2, 0.25) is 0 Å². The van der Waals surface area contributed by atoms with Crippen LogP contribution in [0.25, 0.3) is 0 Å². The van der Waals surface area contributed by atoms with E-state index in [0.29, 0.717) is 13.1 Å². The second-order valence-corrected chi connectivity index (χ2v) is 6.07. The van der Waals surface area contributed by atoms with Gasteiger partial charge in [-0.25, -0.2) is 4.99 Å². The Hall–Kier alpha value is -2.61. The molecule has 0 amide bonds. The summed E-state index contributed by atoms with van der Waals surface area (Å²) in [5, 5.41) is 14.9. The Balaban J connectivity index is 1.95. The molecule has 0 aliphatic rings. The summed E-state index contributed by atoms with van der Waals surface area (Å²) < 4.78 is 12.5. The summed E-state index contributed by atoms with van der Waals surface area (Å²) >= 11 is 0. The molecule has 0 fully saturated rings. The summed E-state index contributed by atoms with van der Waals surface area (Å²) in [6.07, 6.45) is 0.917. The van der Waals surface area contributed by atoms with Crippen molar-refractivity contribution < 1.29 is 9.47 Å². The van der Waals surface area contributed by atoms with Gasteiger partial charge in [-0.05, 0) is 38.0 Å². The molecule has 0 aliphatic carbocycles. The van der Waals surface area contributed by atoms with Gasteiger partial charge in [0.1, 0.15) is 11.6 Å². The summed E-state index contributed by atoms with van der Waals surface area (Å²) in [6.45, 7) is 7.31. The van der Waals surface area contributed by atoms with Crippen LogP contribution in [0.4, 0.5) is 0 Å². The number of hydrogen-bond donors (Lipinski definition) is 2. The average Bonchev–Trinajstić information content (AvgIpc) is 3.01. The maximum absolute atomic E-state index is 5.38. The van der Waals surface area contributed by atoms with E-state index < -0.39 is 0 Å². The van der Waals surface area contributed by atoms with Crippen molar-refractivity contribution in [1.82, 2.24) is 25.4 Å². The molecule has 0 aliphatic heterocycles. The first-order valence-electron chi connectivity index (χ1n) is 9.21. The predicted octanol–water partition coefficient (Wildman–Crippen LogP) is 1.79. The minimum Gasteiger partial charge on any atom is -0.497 e. The molecule has 0 spiro atoms. The van der Waals surface area contributed by atoms with Crippen molar-refractivity contribution in [3.05, 3.63) is 41.5 Å². The molecule has 1 aromatic heterocycles. The lowest BCUT2D eigenvalue weighted by Gasteiger charge is -2.13. The van der Waals surface area contributed by atoms with Gasteiger partial charge in [0.15, 0.2) is 11.8 Å². The fourth-order valence-corrected chi connectivity index (χ4v) is 2.37. The topological polar surface area (TPSA) is 85.6 Å². The second-order valence-electron chi connectivity index (χ2n) is 6.07. The number of rotatable bonds is 10. The first-order chi connectivity index (χ1) is 13.1. The van der Waals surface area contributed by atoms with Crippen LogP contribution in [-0.2, 0) is 24.9 Å². The number of methoxy groups -OCH3 is 1. The highest BCUT2D eigenvalue weighted by molar-refractivity contribution is 5.79. The molecule has 0 saturated heterocycles. The van der Waals surface area contributed by atoms with Gasteiger partial charge in [0.25, 0.3) is 0 Å². The normalized spacial score (nSPS) is 11.5. The molecule has 8 nitrogen and oxygen atoms in total. The maximum atomic E-state index is 5.38. The third-order valence-electron chi connectivity index (χ3n) is 4.14. The lowest BCUT2D eigenvalue weighted by atomic mass is 10.2. The zero-order valence-corrected chi connectivity index (χ0v) is 16.7. The smallest absolute Gasteiger partial charge is 0.191 e. The van der Waals surface area contributed by atoms with Crippen molar-refractivity contribution >= 4 is 5.96 Å². The molecule has 27 heavy (non-hydrogen) atoms. The van der Waals surface area contributed by atoms with Gasteiger partial charge >= 0.3 is 0 Å². The van der Waals surface area contributed by atoms with Gasteiger partial charge in [0, 0.05) is 26.8 Å². The van der Waals surface area contributed by atoms with Crippen molar-refractivity contribution in [3.63, 3.8) is 0 Å². The van der Waals surface area contributed by atoms with Gasteiger partial charge in [-0.3, -0.25) is 0 Å². The molecule has 1 heterocycles. The Morgan fingerprint density at radius 3 is 2.59 bits per heavy atom. The Morgan fingerprint density at radius 2 is 1.96 bits per heavy atom. The van der Waals surface area contributed by atoms with Crippen LogP contribution < -0.4 is 15.4 Å². The number of nitrogens with zero attached hydrogens (tertiary/aromatic N) is 4. The van der Waals surface area contributed by atoms with Crippen LogP contribution in [-0.4, -0.2) is 47.6 Å². The third-order valence-corrected chi connectivity index (χ3v) is 4.14. The monoisotopic (exact) mass is 374 g/mol. The average molecular weight is 374 g/mol. The highest BCUT2D eigenvalue weighted by Crippen LogP contribution is 2.11. The molecular weight excluding hydrogens is 344 g/mol. The van der Waals surface area contributed by atoms with Crippen molar-refractivity contribution in [3.8, 4) is 5.75 Å². The number of benzene rings is 1. The minimum atomic E-state index is 0.553. The molecule has 148 valence electrons. The Bertz CT molecular complexity index is 711. The SMILES string of the molecule is CCOCCCNC(=NCc1ccc(OC)cc1)NCc1nnc(C)n1C. The zero-order chi connectivity index (χ0) is 19.5. The van der Waals surface area contributed by atoms with E-state index in [9.17, 15) is 0 Å². The summed E-state index contributed by atoms with van der Waals surface area (Å²) in [6, 6.07) is 7.91. The molecule has 2 rings (SSSR count). The molecule has 2 aromatic rings. The van der Waals surface area contributed by atoms with Crippen LogP contribution in [0.3, 0.4) is 0 Å². The van der Waals surface area contributed by atoms with Gasteiger partial charge in [-0.15, -0.1) is 10.2 Å². The molecule has 1 aromatic carbocycles. The summed E-state index contributed by atoms with van der Waals surface area (Å²) in [4.78, 5) is 4.67. The summed E-state index contributed by atoms with van der Waals surface area (Å²) in [7, 11) is 3.62. The van der Waals surface area contributed by atoms with Gasteiger partial charge in [0.2, 0.25) is 0 Å². The summed E-state index contributed by atoms with van der Waals surface area (Å²) in [5.74, 6) is 3.32.